The zero-order valence-corrected chi connectivity index (χ0v) is 8.62. The molecule has 0 aromatic rings. The Morgan fingerprint density at radius 1 is 1.27 bits per heavy atom. The number of rotatable bonds is 0. The molecule has 0 spiro atoms. The largest absolute Gasteiger partial charge is 0.172 e. The Morgan fingerprint density at radius 3 is 2.18 bits per heavy atom. The molecule has 0 N–H and O–H groups in total. The fourth-order valence-electron chi connectivity index (χ4n) is 3.20. The highest BCUT2D eigenvalue weighted by molar-refractivity contribution is 7.81. The Hall–Kier alpha value is 0.350. The Morgan fingerprint density at radius 2 is 1.91 bits per heavy atom. The van der Waals surface area contributed by atoms with Gasteiger partial charge in [-0.2, -0.15) is 12.6 Å². The van der Waals surface area contributed by atoms with E-state index in [1.165, 1.54) is 19.3 Å². The van der Waals surface area contributed by atoms with Crippen molar-refractivity contribution in [2.45, 2.75) is 44.8 Å². The zero-order chi connectivity index (χ0) is 8.28. The summed E-state index contributed by atoms with van der Waals surface area (Å²) in [5.41, 5.74) is 0.592. The van der Waals surface area contributed by atoms with E-state index in [0.29, 0.717) is 10.2 Å². The molecule has 11 heavy (non-hydrogen) atoms. The lowest BCUT2D eigenvalue weighted by Gasteiger charge is -2.63. The molecule has 3 fully saturated rings. The predicted octanol–water partition coefficient (Wildman–Crippen LogP) is 3.13. The van der Waals surface area contributed by atoms with E-state index in [2.05, 4.69) is 20.8 Å². The van der Waals surface area contributed by atoms with Gasteiger partial charge < -0.3 is 0 Å². The molecule has 3 aliphatic rings. The van der Waals surface area contributed by atoms with Gasteiger partial charge in [0.2, 0.25) is 0 Å². The third kappa shape index (κ3) is 0.898. The minimum absolute atomic E-state index is 0.332. The summed E-state index contributed by atoms with van der Waals surface area (Å²) >= 11 is 4.76. The average Bonchev–Trinajstić information content (AvgIpc) is 1.84. The summed E-state index contributed by atoms with van der Waals surface area (Å²) in [5.74, 6) is 1.88. The van der Waals surface area contributed by atoms with E-state index in [1.54, 1.807) is 0 Å². The average molecular weight is 170 g/mol. The summed E-state index contributed by atoms with van der Waals surface area (Å²) in [4.78, 5) is 0. The summed E-state index contributed by atoms with van der Waals surface area (Å²) in [7, 11) is 0. The summed E-state index contributed by atoms with van der Waals surface area (Å²) in [6, 6.07) is 0. The number of fused-ring (bicyclic) bond motifs is 2. The van der Waals surface area contributed by atoms with Crippen molar-refractivity contribution in [3.63, 3.8) is 0 Å². The lowest BCUT2D eigenvalue weighted by molar-refractivity contribution is -0.0845. The maximum Gasteiger partial charge on any atom is 0.0135 e. The summed E-state index contributed by atoms with van der Waals surface area (Å²) in [6.45, 7) is 7.15. The first kappa shape index (κ1) is 7.97. The number of hydrogen-bond donors (Lipinski definition) is 1. The molecule has 3 atom stereocenters. The molecule has 0 aromatic carbocycles. The summed E-state index contributed by atoms with van der Waals surface area (Å²) in [6.07, 6.45) is 4.17. The van der Waals surface area contributed by atoms with Crippen LogP contribution in [-0.2, 0) is 0 Å². The topological polar surface area (TPSA) is 0 Å². The van der Waals surface area contributed by atoms with Crippen molar-refractivity contribution < 1.29 is 0 Å². The molecule has 3 aliphatic carbocycles. The van der Waals surface area contributed by atoms with Crippen LogP contribution in [0.25, 0.3) is 0 Å². The normalized spacial score (nSPS) is 53.5. The van der Waals surface area contributed by atoms with Crippen LogP contribution < -0.4 is 0 Å². The number of hydrogen-bond acceptors (Lipinski definition) is 1. The minimum atomic E-state index is 0.332. The van der Waals surface area contributed by atoms with E-state index >= 15 is 0 Å². The summed E-state index contributed by atoms with van der Waals surface area (Å²) < 4.78 is 0.332. The van der Waals surface area contributed by atoms with E-state index in [-0.39, 0.29) is 0 Å². The minimum Gasteiger partial charge on any atom is -0.172 e. The predicted molar refractivity (Wildman–Crippen MR) is 52.0 cm³/mol. The zero-order valence-electron chi connectivity index (χ0n) is 7.72. The quantitative estimate of drug-likeness (QED) is 0.531. The van der Waals surface area contributed by atoms with Gasteiger partial charge in [-0.1, -0.05) is 20.8 Å². The fraction of sp³-hybridized carbons (Fsp3) is 1.00. The number of thiol groups is 1. The Bertz CT molecular complexity index is 171. The van der Waals surface area contributed by atoms with Crippen molar-refractivity contribution in [2.24, 2.45) is 17.3 Å². The Labute approximate surface area is 75.2 Å². The molecule has 3 saturated carbocycles. The second-order valence-electron chi connectivity index (χ2n) is 5.20. The fourth-order valence-corrected chi connectivity index (χ4v) is 3.77. The smallest absolute Gasteiger partial charge is 0.0135 e. The van der Waals surface area contributed by atoms with Gasteiger partial charge >= 0.3 is 0 Å². The van der Waals surface area contributed by atoms with E-state index in [1.807, 2.05) is 0 Å². The Kier molecular flexibility index (Phi) is 1.44. The first-order valence-corrected chi connectivity index (χ1v) is 5.12. The first-order valence-electron chi connectivity index (χ1n) is 4.67. The van der Waals surface area contributed by atoms with Crippen molar-refractivity contribution in [1.82, 2.24) is 0 Å². The highest BCUT2D eigenvalue weighted by atomic mass is 32.1. The second kappa shape index (κ2) is 1.99. The van der Waals surface area contributed by atoms with Crippen LogP contribution >= 0.6 is 12.6 Å². The SMILES string of the molecule is CC1(C)[C@@H]2CC[C@@](C)(S)[C@H]1C2. The molecule has 0 saturated heterocycles. The molecule has 0 unspecified atom stereocenters. The third-order valence-corrected chi connectivity index (χ3v) is 4.76. The van der Waals surface area contributed by atoms with Crippen molar-refractivity contribution in [1.29, 1.82) is 0 Å². The molecule has 1 heteroatoms. The maximum absolute atomic E-state index is 4.76. The second-order valence-corrected chi connectivity index (χ2v) is 6.22. The summed E-state index contributed by atoms with van der Waals surface area (Å²) in [5, 5.41) is 0. The molecule has 0 heterocycles. The molecule has 0 radical (unpaired) electrons. The monoisotopic (exact) mass is 170 g/mol. The molecular formula is C10H18S. The van der Waals surface area contributed by atoms with Gasteiger partial charge in [-0.3, -0.25) is 0 Å². The van der Waals surface area contributed by atoms with E-state index in [4.69, 9.17) is 12.6 Å². The van der Waals surface area contributed by atoms with Crippen molar-refractivity contribution in [3.05, 3.63) is 0 Å². The molecule has 64 valence electrons. The molecular weight excluding hydrogens is 152 g/mol. The van der Waals surface area contributed by atoms with E-state index < -0.39 is 0 Å². The van der Waals surface area contributed by atoms with Gasteiger partial charge in [0, 0.05) is 4.75 Å². The van der Waals surface area contributed by atoms with E-state index in [0.717, 1.165) is 11.8 Å². The van der Waals surface area contributed by atoms with Crippen LogP contribution in [0.1, 0.15) is 40.0 Å². The maximum atomic E-state index is 4.76. The van der Waals surface area contributed by atoms with Gasteiger partial charge in [0.15, 0.2) is 0 Å². The standard InChI is InChI=1S/C10H18S/c1-9(2)7-4-5-10(3,11)8(9)6-7/h7-8,11H,4-6H2,1-3H3/t7-,8+,10-/m1/s1. The molecule has 0 nitrogen and oxygen atoms in total. The molecule has 3 rings (SSSR count). The third-order valence-electron chi connectivity index (χ3n) is 4.22. The van der Waals surface area contributed by atoms with Crippen LogP contribution in [0.4, 0.5) is 0 Å². The van der Waals surface area contributed by atoms with E-state index in [9.17, 15) is 0 Å². The van der Waals surface area contributed by atoms with Crippen LogP contribution in [0.3, 0.4) is 0 Å². The molecule has 0 aliphatic heterocycles. The van der Waals surface area contributed by atoms with Crippen LogP contribution in [0.5, 0.6) is 0 Å². The van der Waals surface area contributed by atoms with Gasteiger partial charge in [-0.05, 0) is 36.5 Å². The van der Waals surface area contributed by atoms with Crippen LogP contribution in [0.2, 0.25) is 0 Å². The van der Waals surface area contributed by atoms with Gasteiger partial charge in [0.1, 0.15) is 0 Å². The van der Waals surface area contributed by atoms with Crippen LogP contribution in [0.15, 0.2) is 0 Å². The Balaban J connectivity index is 2.23. The van der Waals surface area contributed by atoms with Crippen LogP contribution in [0, 0.1) is 17.3 Å². The molecule has 0 amide bonds. The lowest BCUT2D eigenvalue weighted by atomic mass is 9.45. The van der Waals surface area contributed by atoms with Gasteiger partial charge in [-0.15, -0.1) is 0 Å². The first-order chi connectivity index (χ1) is 4.94. The van der Waals surface area contributed by atoms with Crippen molar-refractivity contribution in [3.8, 4) is 0 Å². The molecule has 0 aromatic heterocycles. The highest BCUT2D eigenvalue weighted by Crippen LogP contribution is 2.64. The molecule has 2 bridgehead atoms. The van der Waals surface area contributed by atoms with Crippen molar-refractivity contribution >= 4 is 12.6 Å². The van der Waals surface area contributed by atoms with Crippen molar-refractivity contribution in [2.75, 3.05) is 0 Å². The highest BCUT2D eigenvalue weighted by Gasteiger charge is 2.57. The van der Waals surface area contributed by atoms with Gasteiger partial charge in [0.25, 0.3) is 0 Å². The van der Waals surface area contributed by atoms with Crippen LogP contribution in [-0.4, -0.2) is 4.75 Å². The van der Waals surface area contributed by atoms with Gasteiger partial charge in [-0.25, -0.2) is 0 Å². The lowest BCUT2D eigenvalue weighted by Crippen LogP contribution is -2.57. The van der Waals surface area contributed by atoms with Gasteiger partial charge in [0.05, 0.1) is 0 Å².